The van der Waals surface area contributed by atoms with Gasteiger partial charge in [-0.3, -0.25) is 0 Å². The Balaban J connectivity index is 0. The van der Waals surface area contributed by atoms with E-state index in [2.05, 4.69) is 45.7 Å². The predicted octanol–water partition coefficient (Wildman–Crippen LogP) is -3.85. The molecule has 0 atom stereocenters. The van der Waals surface area contributed by atoms with E-state index in [9.17, 15) is 0 Å². The Morgan fingerprint density at radius 3 is 2.23 bits per heavy atom. The maximum atomic E-state index is 5.52. The van der Waals surface area contributed by atoms with Gasteiger partial charge in [0.05, 0.1) is 0 Å². The Labute approximate surface area is 105 Å². The van der Waals surface area contributed by atoms with Crippen LogP contribution in [0.1, 0.15) is 6.42 Å². The predicted molar refractivity (Wildman–Crippen MR) is 45.3 cm³/mol. The SMILES string of the molecule is CO[Si](C)(C)C1=[C]([Ti+2])CC=C1.[Cl-].[Cl-]. The number of halogens is 2. The summed E-state index contributed by atoms with van der Waals surface area (Å²) in [5.74, 6) is 0. The van der Waals surface area contributed by atoms with Crippen molar-refractivity contribution < 1.29 is 49.7 Å². The molecule has 0 aliphatic heterocycles. The first-order chi connectivity index (χ1) is 5.08. The summed E-state index contributed by atoms with van der Waals surface area (Å²) in [6.07, 6.45) is 5.57. The van der Waals surface area contributed by atoms with Crippen LogP contribution in [0, 0.1) is 0 Å². The molecule has 5 heteroatoms. The zero-order valence-corrected chi connectivity index (χ0v) is 12.1. The second kappa shape index (κ2) is 6.44. The van der Waals surface area contributed by atoms with Gasteiger partial charge < -0.3 is 24.8 Å². The van der Waals surface area contributed by atoms with Crippen LogP contribution in [0.2, 0.25) is 13.1 Å². The fourth-order valence-electron chi connectivity index (χ4n) is 1.18. The minimum atomic E-state index is -1.51. The molecule has 0 bridgehead atoms. The normalized spacial score (nSPS) is 15.5. The molecule has 0 heterocycles. The molecule has 0 amide bonds. The number of rotatable bonds is 2. The van der Waals surface area contributed by atoms with Crippen LogP contribution in [0.15, 0.2) is 21.2 Å². The van der Waals surface area contributed by atoms with E-state index in [1.165, 1.54) is 9.07 Å². The van der Waals surface area contributed by atoms with Crippen LogP contribution in [0.5, 0.6) is 0 Å². The van der Waals surface area contributed by atoms with Crippen molar-refractivity contribution in [2.45, 2.75) is 19.5 Å². The van der Waals surface area contributed by atoms with Crippen molar-refractivity contribution in [2.75, 3.05) is 7.11 Å². The molecule has 0 unspecified atom stereocenters. The van der Waals surface area contributed by atoms with Gasteiger partial charge in [-0.2, -0.15) is 0 Å². The minimum absolute atomic E-state index is 0. The monoisotopic (exact) mass is 271 g/mol. The van der Waals surface area contributed by atoms with E-state index in [0.29, 0.717) is 0 Å². The third kappa shape index (κ3) is 3.90. The Bertz CT molecular complexity index is 226. The van der Waals surface area contributed by atoms with E-state index in [-0.39, 0.29) is 24.8 Å². The second-order valence-electron chi connectivity index (χ2n) is 3.21. The smallest absolute Gasteiger partial charge is 1.00 e. The van der Waals surface area contributed by atoms with Crippen molar-refractivity contribution in [3.63, 3.8) is 0 Å². The van der Waals surface area contributed by atoms with E-state index in [1.54, 1.807) is 0 Å². The standard InChI is InChI=1S/C8H13OSi.2ClH.Ti/c1-9-10(2,3)8-6-4-5-7-8;;;/h4,6H,5H2,1-3H3;2*1H;/q;;;+2/p-2. The largest absolute Gasteiger partial charge is 1.00 e. The summed E-state index contributed by atoms with van der Waals surface area (Å²) < 4.78 is 7.01. The first-order valence-electron chi connectivity index (χ1n) is 3.75. The van der Waals surface area contributed by atoms with Gasteiger partial charge >= 0.3 is 81.0 Å². The van der Waals surface area contributed by atoms with E-state index in [0.717, 1.165) is 6.42 Å². The van der Waals surface area contributed by atoms with E-state index in [1.807, 2.05) is 7.11 Å². The first-order valence-corrected chi connectivity index (χ1v) is 7.44. The average molecular weight is 272 g/mol. The van der Waals surface area contributed by atoms with Crippen molar-refractivity contribution in [3.8, 4) is 0 Å². The zero-order chi connectivity index (χ0) is 8.48. The molecule has 73 valence electrons. The van der Waals surface area contributed by atoms with E-state index >= 15 is 0 Å². The molecular weight excluding hydrogens is 259 g/mol. The Morgan fingerprint density at radius 2 is 1.92 bits per heavy atom. The quantitative estimate of drug-likeness (QED) is 0.468. The van der Waals surface area contributed by atoms with Crippen molar-refractivity contribution in [2.24, 2.45) is 0 Å². The molecule has 0 saturated carbocycles. The van der Waals surface area contributed by atoms with Crippen LogP contribution in [0.3, 0.4) is 0 Å². The number of hydrogen-bond acceptors (Lipinski definition) is 1. The van der Waals surface area contributed by atoms with Gasteiger partial charge in [0.1, 0.15) is 0 Å². The van der Waals surface area contributed by atoms with Crippen molar-refractivity contribution >= 4 is 8.32 Å². The zero-order valence-electron chi connectivity index (χ0n) is 8.03. The third-order valence-electron chi connectivity index (χ3n) is 2.09. The van der Waals surface area contributed by atoms with Crippen LogP contribution in [0.25, 0.3) is 0 Å². The van der Waals surface area contributed by atoms with Crippen LogP contribution in [-0.2, 0) is 24.9 Å². The van der Waals surface area contributed by atoms with Gasteiger partial charge in [0.15, 0.2) is 0 Å². The molecule has 13 heavy (non-hydrogen) atoms. The van der Waals surface area contributed by atoms with Crippen LogP contribution < -0.4 is 24.8 Å². The molecule has 0 aromatic heterocycles. The minimum Gasteiger partial charge on any atom is -1.00 e. The van der Waals surface area contributed by atoms with Gasteiger partial charge in [-0.1, -0.05) is 0 Å². The topological polar surface area (TPSA) is 9.23 Å². The van der Waals surface area contributed by atoms with Crippen molar-refractivity contribution in [3.05, 3.63) is 21.2 Å². The fraction of sp³-hybridized carbons (Fsp3) is 0.500. The molecule has 1 rings (SSSR count). The van der Waals surface area contributed by atoms with Crippen molar-refractivity contribution in [1.82, 2.24) is 0 Å². The molecular formula is C8H13Cl2OSiTi. The summed E-state index contributed by atoms with van der Waals surface area (Å²) in [5.41, 5.74) is 0. The molecule has 0 aromatic carbocycles. The van der Waals surface area contributed by atoms with Gasteiger partial charge in [-0.15, -0.1) is 0 Å². The Hall–Kier alpha value is 0.951. The fourth-order valence-corrected chi connectivity index (χ4v) is 4.47. The molecule has 0 N–H and O–H groups in total. The van der Waals surface area contributed by atoms with Gasteiger partial charge in [-0.05, 0) is 0 Å². The van der Waals surface area contributed by atoms with Gasteiger partial charge in [0.25, 0.3) is 0 Å². The maximum absolute atomic E-state index is 5.52. The second-order valence-corrected chi connectivity index (χ2v) is 8.12. The molecule has 0 spiro atoms. The summed E-state index contributed by atoms with van der Waals surface area (Å²) in [5, 5.41) is 1.47. The third-order valence-corrected chi connectivity index (χ3v) is 6.01. The summed E-state index contributed by atoms with van der Waals surface area (Å²) in [4.78, 5) is 0. The molecule has 0 fully saturated rings. The number of hydrogen-bond donors (Lipinski definition) is 0. The van der Waals surface area contributed by atoms with Gasteiger partial charge in [-0.25, -0.2) is 0 Å². The first kappa shape index (κ1) is 16.4. The van der Waals surface area contributed by atoms with Crippen molar-refractivity contribution in [1.29, 1.82) is 0 Å². The number of allylic oxidation sites excluding steroid dienone is 4. The Kier molecular flexibility index (Phi) is 8.11. The van der Waals surface area contributed by atoms with Crippen LogP contribution in [-0.4, -0.2) is 15.4 Å². The molecule has 0 radical (unpaired) electrons. The van der Waals surface area contributed by atoms with E-state index in [4.69, 9.17) is 4.43 Å². The maximum Gasteiger partial charge on any atom is -1.00 e. The Morgan fingerprint density at radius 1 is 1.38 bits per heavy atom. The summed E-state index contributed by atoms with van der Waals surface area (Å²) in [7, 11) is 0.304. The van der Waals surface area contributed by atoms with Gasteiger partial charge in [0, 0.05) is 0 Å². The molecule has 0 saturated heterocycles. The summed E-state index contributed by atoms with van der Waals surface area (Å²) >= 11 is 2.20. The van der Waals surface area contributed by atoms with E-state index < -0.39 is 8.32 Å². The molecule has 1 aliphatic carbocycles. The van der Waals surface area contributed by atoms with Gasteiger partial charge in [0.2, 0.25) is 0 Å². The molecule has 1 aliphatic rings. The van der Waals surface area contributed by atoms with Crippen LogP contribution >= 0.6 is 0 Å². The summed E-state index contributed by atoms with van der Waals surface area (Å²) in [6.45, 7) is 4.48. The average Bonchev–Trinajstić information content (AvgIpc) is 2.36. The molecule has 1 nitrogen and oxygen atoms in total. The van der Waals surface area contributed by atoms with Crippen LogP contribution in [0.4, 0.5) is 0 Å². The summed E-state index contributed by atoms with van der Waals surface area (Å²) in [6, 6.07) is 0. The molecule has 0 aromatic rings.